The fourth-order valence-electron chi connectivity index (χ4n) is 2.50. The largest absolute Gasteiger partial charge is 0.376 e. The Bertz CT molecular complexity index is 808. The first-order valence-electron chi connectivity index (χ1n) is 9.39. The Morgan fingerprint density at radius 2 is 1.69 bits per heavy atom. The van der Waals surface area contributed by atoms with E-state index >= 15 is 0 Å². The van der Waals surface area contributed by atoms with Crippen molar-refractivity contribution in [3.05, 3.63) is 44.6 Å². The Kier molecular flexibility index (Phi) is 14.5. The van der Waals surface area contributed by atoms with Crippen molar-refractivity contribution >= 4 is 63.8 Å². The van der Waals surface area contributed by atoms with Crippen molar-refractivity contribution in [2.45, 2.75) is 38.9 Å². The average Bonchev–Trinajstić information content (AvgIpc) is 3.46. The summed E-state index contributed by atoms with van der Waals surface area (Å²) < 4.78 is 10.6. The standard InChI is InChI=1S/C9H11Cl2N3O.C5H10NO.C4HCl3N2.CH4/c10-7-5-13-9(11)14-8(7)12-4-6-2-1-3-15-6;6-4-5-2-1-3-7-5;5-2-1-8-4(7)9-3(2)6;/h5-6H,1-4H2,(H,12,13,14);1,5H,2-4,6H2;1H;1H4/q;+1;;/t;5-;;/m.0../s1. The van der Waals surface area contributed by atoms with E-state index in [-0.39, 0.29) is 29.3 Å². The number of nitrogens with one attached hydrogen (secondary N) is 1. The molecular weight excluding hydrogens is 522 g/mol. The molecule has 0 aromatic carbocycles. The van der Waals surface area contributed by atoms with Gasteiger partial charge in [0.25, 0.3) is 0 Å². The van der Waals surface area contributed by atoms with Gasteiger partial charge >= 0.3 is 0 Å². The van der Waals surface area contributed by atoms with E-state index in [0.29, 0.717) is 35.1 Å². The molecule has 0 aliphatic carbocycles. The predicted octanol–water partition coefficient (Wildman–Crippen LogP) is 5.39. The first kappa shape index (κ1) is 29.2. The first-order chi connectivity index (χ1) is 14.9. The minimum atomic E-state index is 0. The smallest absolute Gasteiger partial charge is 0.224 e. The van der Waals surface area contributed by atoms with Crippen LogP contribution in [0.1, 0.15) is 26.7 Å². The number of aromatic nitrogens is 4. The van der Waals surface area contributed by atoms with E-state index in [1.807, 2.05) is 0 Å². The average molecular weight is 548 g/mol. The van der Waals surface area contributed by atoms with Crippen LogP contribution in [0.3, 0.4) is 0 Å². The van der Waals surface area contributed by atoms with Crippen LogP contribution in [-0.2, 0) is 9.47 Å². The monoisotopic (exact) mass is 545 g/mol. The topological polar surface area (TPSA) is 108 Å². The predicted molar refractivity (Wildman–Crippen MR) is 131 cm³/mol. The molecule has 2 saturated heterocycles. The Morgan fingerprint density at radius 1 is 1.00 bits per heavy atom. The third kappa shape index (κ3) is 10.9. The van der Waals surface area contributed by atoms with Crippen LogP contribution in [0.5, 0.6) is 0 Å². The van der Waals surface area contributed by atoms with Crippen molar-refractivity contribution in [3.63, 3.8) is 0 Å². The molecule has 4 heterocycles. The molecule has 0 saturated carbocycles. The molecule has 32 heavy (non-hydrogen) atoms. The number of rotatable bonds is 4. The van der Waals surface area contributed by atoms with Gasteiger partial charge in [0, 0.05) is 19.7 Å². The lowest BCUT2D eigenvalue weighted by atomic mass is 10.2. The number of anilines is 1. The van der Waals surface area contributed by atoms with E-state index in [1.54, 1.807) is 0 Å². The van der Waals surface area contributed by atoms with Gasteiger partial charge in [0.15, 0.2) is 11.8 Å². The third-order valence-electron chi connectivity index (χ3n) is 4.05. The van der Waals surface area contributed by atoms with Crippen molar-refractivity contribution in [3.8, 4) is 0 Å². The van der Waals surface area contributed by atoms with Gasteiger partial charge in [-0.2, -0.15) is 4.98 Å². The van der Waals surface area contributed by atoms with E-state index in [2.05, 4.69) is 31.7 Å². The first-order valence-corrected chi connectivity index (χ1v) is 11.3. The summed E-state index contributed by atoms with van der Waals surface area (Å²) >= 11 is 27.8. The summed E-state index contributed by atoms with van der Waals surface area (Å²) in [7, 11) is 0. The lowest BCUT2D eigenvalue weighted by Crippen LogP contribution is -2.19. The SMILES string of the molecule is C.Clc1ncc(Cl)c(Cl)n1.Clc1ncc(Cl)c(NCC2CCCO2)n1.NC[C@@H]1C[CH+]CO1. The molecule has 1 unspecified atom stereocenters. The van der Waals surface area contributed by atoms with E-state index in [0.717, 1.165) is 32.5 Å². The van der Waals surface area contributed by atoms with E-state index in [4.69, 9.17) is 73.2 Å². The molecule has 3 N–H and O–H groups in total. The highest BCUT2D eigenvalue weighted by atomic mass is 35.5. The molecule has 13 heteroatoms. The van der Waals surface area contributed by atoms with Crippen molar-refractivity contribution in [2.75, 3.05) is 31.6 Å². The third-order valence-corrected chi connectivity index (χ3v) is 5.35. The van der Waals surface area contributed by atoms with Gasteiger partial charge in [0.1, 0.15) is 29.8 Å². The van der Waals surface area contributed by atoms with Gasteiger partial charge in [0.05, 0.1) is 23.5 Å². The zero-order valence-electron chi connectivity index (χ0n) is 16.4. The van der Waals surface area contributed by atoms with Crippen LogP contribution in [0.2, 0.25) is 25.8 Å². The Labute approximate surface area is 213 Å². The molecule has 2 aliphatic heterocycles. The van der Waals surface area contributed by atoms with Crippen LogP contribution in [-0.4, -0.2) is 58.4 Å². The maximum Gasteiger partial charge on any atom is 0.224 e. The quantitative estimate of drug-likeness (QED) is 0.298. The molecule has 4 rings (SSSR count). The molecule has 0 radical (unpaired) electrons. The highest BCUT2D eigenvalue weighted by Gasteiger charge is 2.20. The molecule has 2 aromatic heterocycles. The van der Waals surface area contributed by atoms with Gasteiger partial charge in [-0.05, 0) is 36.0 Å². The van der Waals surface area contributed by atoms with Crippen LogP contribution in [0, 0.1) is 6.42 Å². The molecule has 2 atom stereocenters. The highest BCUT2D eigenvalue weighted by molar-refractivity contribution is 6.41. The summed E-state index contributed by atoms with van der Waals surface area (Å²) in [5, 5.41) is 4.35. The van der Waals surface area contributed by atoms with Crippen molar-refractivity contribution in [1.29, 1.82) is 0 Å². The number of hydrogen-bond donors (Lipinski definition) is 2. The van der Waals surface area contributed by atoms with E-state index < -0.39 is 0 Å². The maximum absolute atomic E-state index is 5.89. The second kappa shape index (κ2) is 15.9. The fraction of sp³-hybridized carbons (Fsp3) is 0.526. The summed E-state index contributed by atoms with van der Waals surface area (Å²) in [6.45, 7) is 3.00. The summed E-state index contributed by atoms with van der Waals surface area (Å²) in [6, 6.07) is 0. The van der Waals surface area contributed by atoms with Gasteiger partial charge in [-0.15, -0.1) is 0 Å². The fourth-order valence-corrected chi connectivity index (χ4v) is 3.19. The summed E-state index contributed by atoms with van der Waals surface area (Å²) in [5.74, 6) is 0.562. The normalized spacial score (nSPS) is 18.9. The van der Waals surface area contributed by atoms with Crippen LogP contribution in [0.15, 0.2) is 12.4 Å². The van der Waals surface area contributed by atoms with Gasteiger partial charge in [-0.25, -0.2) is 15.0 Å². The second-order valence-electron chi connectivity index (χ2n) is 6.34. The molecule has 0 spiro atoms. The number of ether oxygens (including phenoxy) is 2. The maximum atomic E-state index is 5.89. The lowest BCUT2D eigenvalue weighted by molar-refractivity contribution is 0.120. The van der Waals surface area contributed by atoms with Crippen molar-refractivity contribution < 1.29 is 9.47 Å². The minimum absolute atomic E-state index is 0. The number of halogens is 5. The Balaban J connectivity index is 0.000000258. The Hall–Kier alpha value is -0.840. The molecule has 8 nitrogen and oxygen atoms in total. The van der Waals surface area contributed by atoms with Crippen LogP contribution >= 0.6 is 58.0 Å². The van der Waals surface area contributed by atoms with Crippen LogP contribution in [0.25, 0.3) is 0 Å². The molecule has 0 amide bonds. The van der Waals surface area contributed by atoms with Crippen molar-refractivity contribution in [2.24, 2.45) is 5.73 Å². The zero-order chi connectivity index (χ0) is 22.6. The van der Waals surface area contributed by atoms with Gasteiger partial charge in [-0.1, -0.05) is 42.2 Å². The zero-order valence-corrected chi connectivity index (χ0v) is 20.2. The number of nitrogens with zero attached hydrogens (tertiary/aromatic N) is 4. The molecule has 2 aliphatic rings. The molecule has 2 aromatic rings. The molecule has 178 valence electrons. The summed E-state index contributed by atoms with van der Waals surface area (Å²) in [5.41, 5.74) is 5.29. The molecular formula is C19H26Cl5N6O2+. The number of hydrogen-bond acceptors (Lipinski definition) is 8. The highest BCUT2D eigenvalue weighted by Crippen LogP contribution is 2.21. The van der Waals surface area contributed by atoms with Crippen LogP contribution < -0.4 is 11.1 Å². The van der Waals surface area contributed by atoms with Gasteiger partial charge in [-0.3, -0.25) is 0 Å². The van der Waals surface area contributed by atoms with E-state index in [9.17, 15) is 0 Å². The Morgan fingerprint density at radius 3 is 2.19 bits per heavy atom. The molecule has 0 bridgehead atoms. The minimum Gasteiger partial charge on any atom is -0.376 e. The van der Waals surface area contributed by atoms with Gasteiger partial charge in [0.2, 0.25) is 10.6 Å². The summed E-state index contributed by atoms with van der Waals surface area (Å²) in [6.07, 6.45) is 8.73. The second-order valence-corrected chi connectivity index (χ2v) is 8.19. The van der Waals surface area contributed by atoms with Gasteiger partial charge < -0.3 is 20.5 Å². The lowest BCUT2D eigenvalue weighted by Gasteiger charge is -2.11. The van der Waals surface area contributed by atoms with Crippen molar-refractivity contribution in [1.82, 2.24) is 19.9 Å². The van der Waals surface area contributed by atoms with E-state index in [1.165, 1.54) is 12.4 Å². The molecule has 2 fully saturated rings. The number of nitrogens with two attached hydrogens (primary N) is 1. The summed E-state index contributed by atoms with van der Waals surface area (Å²) in [4.78, 5) is 14.9. The van der Waals surface area contributed by atoms with Crippen LogP contribution in [0.4, 0.5) is 5.82 Å².